The molecule has 1 atom stereocenters. The number of methoxy groups -OCH3 is 1. The Labute approximate surface area is 96.6 Å². The smallest absolute Gasteiger partial charge is 0.325 e. The molecule has 1 rings (SSSR count). The zero-order valence-electron chi connectivity index (χ0n) is 10.1. The number of carboxylic acids is 1. The fourth-order valence-corrected chi connectivity index (χ4v) is 1.97. The molecular formula is C11H22N2O3. The molecule has 1 unspecified atom stereocenters. The molecule has 16 heavy (non-hydrogen) atoms. The number of ether oxygens (including phenoxy) is 1. The lowest BCUT2D eigenvalue weighted by molar-refractivity contribution is -0.145. The predicted octanol–water partition coefficient (Wildman–Crippen LogP) is 0.147. The van der Waals surface area contributed by atoms with Crippen molar-refractivity contribution in [3.8, 4) is 0 Å². The van der Waals surface area contributed by atoms with Gasteiger partial charge in [-0.25, -0.2) is 0 Å². The van der Waals surface area contributed by atoms with E-state index in [1.165, 1.54) is 0 Å². The van der Waals surface area contributed by atoms with Gasteiger partial charge < -0.3 is 20.5 Å². The molecular weight excluding hydrogens is 208 g/mol. The van der Waals surface area contributed by atoms with Crippen molar-refractivity contribution in [3.05, 3.63) is 0 Å². The van der Waals surface area contributed by atoms with E-state index in [1.54, 1.807) is 7.11 Å². The van der Waals surface area contributed by atoms with Crippen molar-refractivity contribution < 1.29 is 14.6 Å². The molecule has 1 fully saturated rings. The van der Waals surface area contributed by atoms with Gasteiger partial charge in [-0.05, 0) is 32.2 Å². The van der Waals surface area contributed by atoms with Crippen LogP contribution in [0.2, 0.25) is 0 Å². The van der Waals surface area contributed by atoms with Crippen LogP contribution in [0.4, 0.5) is 0 Å². The third kappa shape index (κ3) is 3.43. The Balaban J connectivity index is 2.39. The van der Waals surface area contributed by atoms with Crippen molar-refractivity contribution in [2.75, 3.05) is 33.9 Å². The van der Waals surface area contributed by atoms with Crippen molar-refractivity contribution in [1.29, 1.82) is 0 Å². The molecule has 0 saturated heterocycles. The fourth-order valence-electron chi connectivity index (χ4n) is 1.97. The first kappa shape index (κ1) is 13.4. The maximum atomic E-state index is 11.2. The average molecular weight is 230 g/mol. The van der Waals surface area contributed by atoms with E-state index in [4.69, 9.17) is 10.5 Å². The highest BCUT2D eigenvalue weighted by Gasteiger charge is 2.48. The Morgan fingerprint density at radius 2 is 2.25 bits per heavy atom. The number of likely N-dealkylation sites (N-methyl/N-ethyl adjacent to an activating group) is 1. The summed E-state index contributed by atoms with van der Waals surface area (Å²) in [5.74, 6) is -0.733. The molecule has 5 nitrogen and oxygen atoms in total. The van der Waals surface area contributed by atoms with E-state index in [2.05, 4.69) is 0 Å². The van der Waals surface area contributed by atoms with E-state index in [0.29, 0.717) is 13.2 Å². The summed E-state index contributed by atoms with van der Waals surface area (Å²) in [6.07, 6.45) is 2.77. The van der Waals surface area contributed by atoms with Crippen molar-refractivity contribution >= 4 is 5.97 Å². The summed E-state index contributed by atoms with van der Waals surface area (Å²) >= 11 is 0. The number of carbonyl (C=O) groups is 1. The van der Waals surface area contributed by atoms with E-state index < -0.39 is 11.5 Å². The van der Waals surface area contributed by atoms with E-state index >= 15 is 0 Å². The van der Waals surface area contributed by atoms with Crippen molar-refractivity contribution in [1.82, 2.24) is 4.90 Å². The minimum atomic E-state index is -1.07. The van der Waals surface area contributed by atoms with Crippen molar-refractivity contribution in [3.63, 3.8) is 0 Å². The number of hydrogen-bond acceptors (Lipinski definition) is 4. The molecule has 0 aromatic rings. The number of rotatable bonds is 8. The Morgan fingerprint density at radius 3 is 2.69 bits per heavy atom. The fraction of sp³-hybridized carbons (Fsp3) is 0.909. The van der Waals surface area contributed by atoms with Gasteiger partial charge in [-0.1, -0.05) is 0 Å². The zero-order valence-corrected chi connectivity index (χ0v) is 10.1. The lowest BCUT2D eigenvalue weighted by Crippen LogP contribution is -2.57. The van der Waals surface area contributed by atoms with Crippen LogP contribution in [0.15, 0.2) is 0 Å². The Bertz CT molecular complexity index is 243. The van der Waals surface area contributed by atoms with Gasteiger partial charge in [0.1, 0.15) is 5.54 Å². The molecule has 1 saturated carbocycles. The topological polar surface area (TPSA) is 75.8 Å². The second kappa shape index (κ2) is 5.61. The largest absolute Gasteiger partial charge is 0.480 e. The van der Waals surface area contributed by atoms with Gasteiger partial charge in [-0.2, -0.15) is 0 Å². The summed E-state index contributed by atoms with van der Waals surface area (Å²) in [6.45, 7) is 1.92. The Morgan fingerprint density at radius 1 is 1.62 bits per heavy atom. The normalized spacial score (nSPS) is 19.8. The van der Waals surface area contributed by atoms with Gasteiger partial charge in [0.2, 0.25) is 0 Å². The van der Waals surface area contributed by atoms with Gasteiger partial charge >= 0.3 is 5.97 Å². The highest BCUT2D eigenvalue weighted by Crippen LogP contribution is 2.38. The van der Waals surface area contributed by atoms with Crippen LogP contribution in [0.1, 0.15) is 19.3 Å². The van der Waals surface area contributed by atoms with Crippen LogP contribution in [0, 0.1) is 5.92 Å². The zero-order chi connectivity index (χ0) is 12.2. The van der Waals surface area contributed by atoms with Gasteiger partial charge in [0.15, 0.2) is 0 Å². The van der Waals surface area contributed by atoms with Crippen LogP contribution in [-0.2, 0) is 9.53 Å². The first-order valence-electron chi connectivity index (χ1n) is 5.70. The summed E-state index contributed by atoms with van der Waals surface area (Å²) in [4.78, 5) is 13.2. The number of nitrogens with two attached hydrogens (primary N) is 1. The third-order valence-electron chi connectivity index (χ3n) is 3.12. The number of hydrogen-bond donors (Lipinski definition) is 2. The maximum Gasteiger partial charge on any atom is 0.325 e. The molecule has 0 radical (unpaired) electrons. The standard InChI is InChI=1S/C11H22N2O3/c1-13(6-3-7-16-2)8-11(12,10(14)15)9-4-5-9/h9H,3-8,12H2,1-2H3,(H,14,15). The van der Waals surface area contributed by atoms with Gasteiger partial charge in [-0.3, -0.25) is 4.79 Å². The molecule has 1 aliphatic rings. The van der Waals surface area contributed by atoms with E-state index in [-0.39, 0.29) is 5.92 Å². The molecule has 0 aliphatic heterocycles. The lowest BCUT2D eigenvalue weighted by atomic mass is 9.94. The molecule has 0 aromatic heterocycles. The number of carboxylic acid groups (broad SMARTS) is 1. The van der Waals surface area contributed by atoms with Crippen LogP contribution < -0.4 is 5.73 Å². The molecule has 0 amide bonds. The van der Waals surface area contributed by atoms with Gasteiger partial charge in [0, 0.05) is 26.8 Å². The first-order valence-corrected chi connectivity index (χ1v) is 5.70. The highest BCUT2D eigenvalue weighted by atomic mass is 16.5. The van der Waals surface area contributed by atoms with Crippen LogP contribution in [0.5, 0.6) is 0 Å². The average Bonchev–Trinajstić information content (AvgIpc) is 3.00. The summed E-state index contributed by atoms with van der Waals surface area (Å²) in [6, 6.07) is 0. The van der Waals surface area contributed by atoms with Crippen LogP contribution in [-0.4, -0.2) is 55.4 Å². The predicted molar refractivity (Wildman–Crippen MR) is 61.3 cm³/mol. The summed E-state index contributed by atoms with van der Waals surface area (Å²) in [7, 11) is 3.57. The van der Waals surface area contributed by atoms with Crippen LogP contribution >= 0.6 is 0 Å². The lowest BCUT2D eigenvalue weighted by Gasteiger charge is -2.30. The third-order valence-corrected chi connectivity index (χ3v) is 3.12. The summed E-state index contributed by atoms with van der Waals surface area (Å²) < 4.78 is 4.96. The van der Waals surface area contributed by atoms with Crippen LogP contribution in [0.3, 0.4) is 0 Å². The molecule has 0 heterocycles. The SMILES string of the molecule is COCCCN(C)CC(N)(C(=O)O)C1CC1. The Hall–Kier alpha value is -0.650. The summed E-state index contributed by atoms with van der Waals surface area (Å²) in [5, 5.41) is 9.19. The van der Waals surface area contributed by atoms with E-state index in [9.17, 15) is 9.90 Å². The van der Waals surface area contributed by atoms with Gasteiger partial charge in [0.05, 0.1) is 0 Å². The second-order valence-electron chi connectivity index (χ2n) is 4.70. The minimum absolute atomic E-state index is 0.148. The molecule has 5 heteroatoms. The van der Waals surface area contributed by atoms with E-state index in [1.807, 2.05) is 11.9 Å². The van der Waals surface area contributed by atoms with Crippen LogP contribution in [0.25, 0.3) is 0 Å². The molecule has 0 aromatic carbocycles. The molecule has 3 N–H and O–H groups in total. The monoisotopic (exact) mass is 230 g/mol. The quantitative estimate of drug-likeness (QED) is 0.580. The second-order valence-corrected chi connectivity index (χ2v) is 4.70. The minimum Gasteiger partial charge on any atom is -0.480 e. The van der Waals surface area contributed by atoms with Gasteiger partial charge in [-0.15, -0.1) is 0 Å². The van der Waals surface area contributed by atoms with Crippen molar-refractivity contribution in [2.45, 2.75) is 24.8 Å². The molecule has 0 spiro atoms. The molecule has 0 bridgehead atoms. The molecule has 94 valence electrons. The Kier molecular flexibility index (Phi) is 4.70. The van der Waals surface area contributed by atoms with Gasteiger partial charge in [0.25, 0.3) is 0 Å². The van der Waals surface area contributed by atoms with Crippen molar-refractivity contribution in [2.24, 2.45) is 11.7 Å². The number of aliphatic carboxylic acids is 1. The molecule has 1 aliphatic carbocycles. The first-order chi connectivity index (χ1) is 7.50. The summed E-state index contributed by atoms with van der Waals surface area (Å²) in [5.41, 5.74) is 4.91. The maximum absolute atomic E-state index is 11.2. The number of nitrogens with zero attached hydrogens (tertiary/aromatic N) is 1. The highest BCUT2D eigenvalue weighted by molar-refractivity contribution is 5.79. The van der Waals surface area contributed by atoms with E-state index in [0.717, 1.165) is 25.8 Å².